The molecule has 2 heterocycles. The van der Waals surface area contributed by atoms with E-state index in [0.717, 1.165) is 20.3 Å². The Morgan fingerprint density at radius 1 is 1.21 bits per heavy atom. The SMILES string of the molecule is O=C(/C=C/c1ccccc1Cl)N(/N=C/c1ccco1)c1nc2ccc(Br)cc2s1. The lowest BCUT2D eigenvalue weighted by Gasteiger charge is -2.10. The fraction of sp³-hybridized carbons (Fsp3) is 0. The molecule has 0 unspecified atom stereocenters. The monoisotopic (exact) mass is 485 g/mol. The van der Waals surface area contributed by atoms with Gasteiger partial charge in [0.25, 0.3) is 5.91 Å². The van der Waals surface area contributed by atoms with Crippen molar-refractivity contribution in [2.75, 3.05) is 5.01 Å². The normalized spacial score (nSPS) is 11.7. The van der Waals surface area contributed by atoms with Crippen LogP contribution in [0.4, 0.5) is 5.13 Å². The number of fused-ring (bicyclic) bond motifs is 1. The van der Waals surface area contributed by atoms with E-state index in [4.69, 9.17) is 16.0 Å². The van der Waals surface area contributed by atoms with Crippen LogP contribution in [-0.2, 0) is 4.79 Å². The standard InChI is InChI=1S/C21H13BrClN3O2S/c22-15-8-9-18-19(12-15)29-21(25-18)26(24-13-16-5-3-11-28-16)20(27)10-7-14-4-1-2-6-17(14)23/h1-13H/b10-7+,24-13+. The van der Waals surface area contributed by atoms with Gasteiger partial charge in [0, 0.05) is 15.6 Å². The molecular formula is C21H13BrClN3O2S. The number of hydrazone groups is 1. The molecule has 144 valence electrons. The molecule has 8 heteroatoms. The van der Waals surface area contributed by atoms with Gasteiger partial charge in [-0.3, -0.25) is 4.79 Å². The molecule has 0 bridgehead atoms. The van der Waals surface area contributed by atoms with Crippen LogP contribution in [0.2, 0.25) is 5.02 Å². The van der Waals surface area contributed by atoms with Gasteiger partial charge in [-0.2, -0.15) is 10.1 Å². The Bertz CT molecular complexity index is 1220. The van der Waals surface area contributed by atoms with Crippen LogP contribution in [0.3, 0.4) is 0 Å². The largest absolute Gasteiger partial charge is 0.463 e. The summed E-state index contributed by atoms with van der Waals surface area (Å²) in [5.41, 5.74) is 1.53. The third-order valence-electron chi connectivity index (χ3n) is 3.88. The number of carbonyl (C=O) groups excluding carboxylic acids is 1. The van der Waals surface area contributed by atoms with E-state index in [1.807, 2.05) is 36.4 Å². The molecule has 5 nitrogen and oxygen atoms in total. The van der Waals surface area contributed by atoms with Gasteiger partial charge in [0.15, 0.2) is 0 Å². The van der Waals surface area contributed by atoms with Crippen LogP contribution < -0.4 is 5.01 Å². The molecule has 4 aromatic rings. The fourth-order valence-electron chi connectivity index (χ4n) is 2.50. The maximum atomic E-state index is 12.9. The van der Waals surface area contributed by atoms with E-state index in [1.165, 1.54) is 28.6 Å². The van der Waals surface area contributed by atoms with Crippen molar-refractivity contribution >= 4 is 72.4 Å². The lowest BCUT2D eigenvalue weighted by molar-refractivity contribution is -0.114. The second-order valence-corrected chi connectivity index (χ2v) is 8.21. The summed E-state index contributed by atoms with van der Waals surface area (Å²) in [7, 11) is 0. The number of hydrogen-bond acceptors (Lipinski definition) is 5. The molecule has 0 spiro atoms. The topological polar surface area (TPSA) is 58.7 Å². The molecule has 0 aliphatic rings. The van der Waals surface area contributed by atoms with Crippen molar-refractivity contribution in [1.29, 1.82) is 0 Å². The number of rotatable bonds is 5. The Kier molecular flexibility index (Phi) is 5.89. The number of nitrogens with zero attached hydrogens (tertiary/aromatic N) is 3. The maximum absolute atomic E-state index is 12.9. The first-order valence-electron chi connectivity index (χ1n) is 8.50. The number of hydrogen-bond donors (Lipinski definition) is 0. The summed E-state index contributed by atoms with van der Waals surface area (Å²) in [6.07, 6.45) is 6.09. The van der Waals surface area contributed by atoms with Crippen molar-refractivity contribution < 1.29 is 9.21 Å². The van der Waals surface area contributed by atoms with Crippen molar-refractivity contribution in [3.05, 3.63) is 87.8 Å². The molecule has 0 aliphatic carbocycles. The highest BCUT2D eigenvalue weighted by Crippen LogP contribution is 2.31. The van der Waals surface area contributed by atoms with E-state index in [1.54, 1.807) is 30.5 Å². The van der Waals surface area contributed by atoms with Gasteiger partial charge < -0.3 is 4.42 Å². The fourth-order valence-corrected chi connectivity index (χ4v) is 4.18. The number of carbonyl (C=O) groups is 1. The predicted molar refractivity (Wildman–Crippen MR) is 122 cm³/mol. The van der Waals surface area contributed by atoms with Crippen molar-refractivity contribution in [2.45, 2.75) is 0 Å². The van der Waals surface area contributed by atoms with Crippen LogP contribution in [0, 0.1) is 0 Å². The van der Waals surface area contributed by atoms with Crippen LogP contribution >= 0.6 is 38.9 Å². The van der Waals surface area contributed by atoms with E-state index < -0.39 is 0 Å². The molecule has 0 radical (unpaired) electrons. The van der Waals surface area contributed by atoms with E-state index in [-0.39, 0.29) is 5.91 Å². The van der Waals surface area contributed by atoms with Gasteiger partial charge in [0.2, 0.25) is 5.13 Å². The summed E-state index contributed by atoms with van der Waals surface area (Å²) < 4.78 is 7.15. The van der Waals surface area contributed by atoms with E-state index >= 15 is 0 Å². The summed E-state index contributed by atoms with van der Waals surface area (Å²) >= 11 is 11.0. The molecule has 1 amide bonds. The minimum absolute atomic E-state index is 0.356. The van der Waals surface area contributed by atoms with E-state index in [9.17, 15) is 4.79 Å². The zero-order valence-corrected chi connectivity index (χ0v) is 18.0. The average Bonchev–Trinajstić information content (AvgIpc) is 3.37. The number of amides is 1. The molecule has 2 aromatic carbocycles. The highest BCUT2D eigenvalue weighted by Gasteiger charge is 2.17. The molecule has 2 aromatic heterocycles. The van der Waals surface area contributed by atoms with Crippen LogP contribution in [0.15, 0.2) is 80.9 Å². The van der Waals surface area contributed by atoms with Crippen LogP contribution in [0.1, 0.15) is 11.3 Å². The highest BCUT2D eigenvalue weighted by molar-refractivity contribution is 9.10. The minimum atomic E-state index is -0.356. The third-order valence-corrected chi connectivity index (χ3v) is 5.71. The van der Waals surface area contributed by atoms with Gasteiger partial charge in [-0.25, -0.2) is 4.98 Å². The Hall–Kier alpha value is -2.74. The number of aromatic nitrogens is 1. The van der Waals surface area contributed by atoms with E-state index in [0.29, 0.717) is 15.9 Å². The second kappa shape index (κ2) is 8.73. The van der Waals surface area contributed by atoms with Crippen LogP contribution in [0.5, 0.6) is 0 Å². The first-order chi connectivity index (χ1) is 14.1. The van der Waals surface area contributed by atoms with Crippen LogP contribution in [0.25, 0.3) is 16.3 Å². The Labute approximate surface area is 184 Å². The van der Waals surface area contributed by atoms with Gasteiger partial charge in [-0.1, -0.05) is 57.1 Å². The molecular weight excluding hydrogens is 474 g/mol. The predicted octanol–water partition coefficient (Wildman–Crippen LogP) is 6.39. The quantitative estimate of drug-likeness (QED) is 0.187. The average molecular weight is 487 g/mol. The first kappa shape index (κ1) is 19.6. The third kappa shape index (κ3) is 4.64. The molecule has 0 saturated carbocycles. The van der Waals surface area contributed by atoms with Crippen molar-refractivity contribution in [2.24, 2.45) is 5.10 Å². The lowest BCUT2D eigenvalue weighted by Crippen LogP contribution is -2.23. The minimum Gasteiger partial charge on any atom is -0.463 e. The lowest BCUT2D eigenvalue weighted by atomic mass is 10.2. The molecule has 0 N–H and O–H groups in total. The smallest absolute Gasteiger partial charge is 0.273 e. The summed E-state index contributed by atoms with van der Waals surface area (Å²) in [6.45, 7) is 0. The molecule has 4 rings (SSSR count). The summed E-state index contributed by atoms with van der Waals surface area (Å²) in [4.78, 5) is 17.5. The molecule has 0 aliphatic heterocycles. The van der Waals surface area contributed by atoms with Crippen LogP contribution in [-0.4, -0.2) is 17.1 Å². The number of benzene rings is 2. The van der Waals surface area contributed by atoms with Gasteiger partial charge >= 0.3 is 0 Å². The summed E-state index contributed by atoms with van der Waals surface area (Å²) in [5, 5.41) is 6.57. The van der Waals surface area contributed by atoms with Crippen molar-refractivity contribution in [1.82, 2.24) is 4.98 Å². The molecule has 0 atom stereocenters. The summed E-state index contributed by atoms with van der Waals surface area (Å²) in [6, 6.07) is 16.5. The molecule has 0 fully saturated rings. The number of furan rings is 1. The second-order valence-electron chi connectivity index (χ2n) is 5.87. The van der Waals surface area contributed by atoms with Gasteiger partial charge in [0.1, 0.15) is 5.76 Å². The number of anilines is 1. The van der Waals surface area contributed by atoms with Gasteiger partial charge in [-0.05, 0) is 48.0 Å². The first-order valence-corrected chi connectivity index (χ1v) is 10.5. The Morgan fingerprint density at radius 2 is 2.07 bits per heavy atom. The highest BCUT2D eigenvalue weighted by atomic mass is 79.9. The summed E-state index contributed by atoms with van der Waals surface area (Å²) in [5.74, 6) is 0.174. The molecule has 29 heavy (non-hydrogen) atoms. The number of halogens is 2. The van der Waals surface area contributed by atoms with Crippen molar-refractivity contribution in [3.63, 3.8) is 0 Å². The maximum Gasteiger partial charge on any atom is 0.273 e. The molecule has 0 saturated heterocycles. The van der Waals surface area contributed by atoms with Gasteiger partial charge in [0.05, 0.1) is 22.7 Å². The van der Waals surface area contributed by atoms with E-state index in [2.05, 4.69) is 26.0 Å². The zero-order chi connectivity index (χ0) is 20.2. The van der Waals surface area contributed by atoms with Gasteiger partial charge in [-0.15, -0.1) is 0 Å². The Balaban J connectivity index is 1.69. The number of thiazole rings is 1. The van der Waals surface area contributed by atoms with Crippen molar-refractivity contribution in [3.8, 4) is 0 Å². The zero-order valence-electron chi connectivity index (χ0n) is 14.8. The Morgan fingerprint density at radius 3 is 2.86 bits per heavy atom.